The Hall–Kier alpha value is -1.97. The van der Waals surface area contributed by atoms with Crippen LogP contribution in [0, 0.1) is 5.82 Å². The number of aromatic nitrogens is 1. The van der Waals surface area contributed by atoms with Gasteiger partial charge in [-0.3, -0.25) is 4.79 Å². The number of thioether (sulfide) groups is 1. The zero-order chi connectivity index (χ0) is 22.4. The van der Waals surface area contributed by atoms with E-state index in [1.165, 1.54) is 29.0 Å². The Bertz CT molecular complexity index is 1230. The Balaban J connectivity index is 1.76. The molecule has 0 N–H and O–H groups in total. The van der Waals surface area contributed by atoms with Gasteiger partial charge in [0.25, 0.3) is 0 Å². The van der Waals surface area contributed by atoms with E-state index in [1.54, 1.807) is 11.8 Å². The fourth-order valence-corrected chi connectivity index (χ4v) is 5.97. The summed E-state index contributed by atoms with van der Waals surface area (Å²) in [6.45, 7) is 2.85. The van der Waals surface area contributed by atoms with Crippen molar-refractivity contribution in [1.82, 2.24) is 4.57 Å². The second-order valence-electron chi connectivity index (χ2n) is 7.07. The molecule has 0 aliphatic rings. The molecule has 31 heavy (non-hydrogen) atoms. The average molecular weight is 481 g/mol. The van der Waals surface area contributed by atoms with E-state index in [-0.39, 0.29) is 29.4 Å². The Morgan fingerprint density at radius 2 is 1.94 bits per heavy atom. The van der Waals surface area contributed by atoms with E-state index >= 15 is 0 Å². The maximum Gasteiger partial charge on any atom is 0.248 e. The predicted octanol–water partition coefficient (Wildman–Crippen LogP) is 4.45. The van der Waals surface area contributed by atoms with Crippen molar-refractivity contribution in [1.29, 1.82) is 0 Å². The van der Waals surface area contributed by atoms with E-state index in [1.807, 2.05) is 6.26 Å². The lowest BCUT2D eigenvalue weighted by atomic mass is 10.2. The molecule has 0 atom stereocenters. The minimum atomic E-state index is -3.56. The number of rotatable bonds is 9. The summed E-state index contributed by atoms with van der Waals surface area (Å²) in [5.74, 6) is -0.108. The number of thiazole rings is 1. The van der Waals surface area contributed by atoms with Crippen LogP contribution in [-0.4, -0.2) is 36.7 Å². The van der Waals surface area contributed by atoms with E-state index in [2.05, 4.69) is 34.7 Å². The topological polar surface area (TPSA) is 68.5 Å². The number of carbonyl (C=O) groups excluding carboxylic acids is 1. The molecular weight excluding hydrogens is 455 g/mol. The van der Waals surface area contributed by atoms with Crippen LogP contribution in [0.3, 0.4) is 0 Å². The molecule has 0 radical (unpaired) electrons. The lowest BCUT2D eigenvalue weighted by Gasteiger charge is -2.05. The summed E-state index contributed by atoms with van der Waals surface area (Å²) in [4.78, 5) is 17.5. The van der Waals surface area contributed by atoms with Gasteiger partial charge in [-0.2, -0.15) is 16.8 Å². The minimum Gasteiger partial charge on any atom is -0.316 e. The van der Waals surface area contributed by atoms with Gasteiger partial charge in [0, 0.05) is 18.7 Å². The number of halogens is 1. The van der Waals surface area contributed by atoms with E-state index in [4.69, 9.17) is 0 Å². The molecule has 9 heteroatoms. The lowest BCUT2D eigenvalue weighted by Crippen LogP contribution is -2.18. The maximum atomic E-state index is 13.0. The first-order chi connectivity index (χ1) is 14.8. The zero-order valence-corrected chi connectivity index (χ0v) is 20.0. The highest BCUT2D eigenvalue weighted by Gasteiger charge is 2.15. The molecule has 0 unspecified atom stereocenters. The second-order valence-corrected chi connectivity index (χ2v) is 11.2. The Morgan fingerprint density at radius 3 is 2.61 bits per heavy atom. The van der Waals surface area contributed by atoms with Gasteiger partial charge in [0.1, 0.15) is 5.82 Å². The van der Waals surface area contributed by atoms with Crippen molar-refractivity contribution in [2.75, 3.05) is 17.8 Å². The molecule has 1 aromatic heterocycles. The zero-order valence-electron chi connectivity index (χ0n) is 17.5. The maximum absolute atomic E-state index is 13.0. The highest BCUT2D eigenvalue weighted by molar-refractivity contribution is 7.98. The van der Waals surface area contributed by atoms with Crippen molar-refractivity contribution in [2.24, 2.45) is 4.99 Å². The first kappa shape index (κ1) is 23.7. The van der Waals surface area contributed by atoms with Crippen molar-refractivity contribution >= 4 is 49.1 Å². The number of benzene rings is 2. The van der Waals surface area contributed by atoms with E-state index in [0.717, 1.165) is 41.1 Å². The monoisotopic (exact) mass is 480 g/mol. The van der Waals surface area contributed by atoms with Gasteiger partial charge >= 0.3 is 0 Å². The smallest absolute Gasteiger partial charge is 0.248 e. The molecule has 0 aliphatic carbocycles. The lowest BCUT2D eigenvalue weighted by molar-refractivity contribution is -0.118. The summed E-state index contributed by atoms with van der Waals surface area (Å²) >= 11 is 3.21. The molecule has 3 rings (SSSR count). The number of carbonyl (C=O) groups is 1. The van der Waals surface area contributed by atoms with Gasteiger partial charge in [-0.05, 0) is 61.1 Å². The largest absolute Gasteiger partial charge is 0.316 e. The Kier molecular flexibility index (Phi) is 8.07. The van der Waals surface area contributed by atoms with Gasteiger partial charge < -0.3 is 4.57 Å². The molecule has 166 valence electrons. The highest BCUT2D eigenvalue weighted by Crippen LogP contribution is 2.20. The summed E-state index contributed by atoms with van der Waals surface area (Å²) in [6, 6.07) is 11.0. The van der Waals surface area contributed by atoms with Crippen molar-refractivity contribution in [2.45, 2.75) is 37.6 Å². The van der Waals surface area contributed by atoms with Crippen LogP contribution in [0.25, 0.3) is 10.2 Å². The van der Waals surface area contributed by atoms with E-state index in [9.17, 15) is 17.6 Å². The van der Waals surface area contributed by atoms with E-state index in [0.29, 0.717) is 4.80 Å². The standard InChI is InChI=1S/C22H25FN2O3S3/c1-3-16-6-11-19-20(15-16)30-22(25(19)12-13-29-2)24-21(26)5-4-14-31(27,28)18-9-7-17(23)8-10-18/h6-11,15H,3-5,12-14H2,1-2H3. The second kappa shape index (κ2) is 10.6. The predicted molar refractivity (Wildman–Crippen MR) is 126 cm³/mol. The van der Waals surface area contributed by atoms with Crippen molar-refractivity contribution < 1.29 is 17.6 Å². The van der Waals surface area contributed by atoms with Gasteiger partial charge in [0.15, 0.2) is 14.6 Å². The SMILES string of the molecule is CCc1ccc2c(c1)sc(=NC(=O)CCCS(=O)(=O)c1ccc(F)cc1)n2CCSC. The van der Waals surface area contributed by atoms with Gasteiger partial charge in [-0.1, -0.05) is 24.3 Å². The Morgan fingerprint density at radius 1 is 1.19 bits per heavy atom. The number of sulfone groups is 1. The average Bonchev–Trinajstić information content (AvgIpc) is 3.08. The summed E-state index contributed by atoms with van der Waals surface area (Å²) in [5, 5.41) is 0. The van der Waals surface area contributed by atoms with Crippen molar-refractivity contribution in [3.05, 3.63) is 58.6 Å². The molecule has 0 bridgehead atoms. The van der Waals surface area contributed by atoms with Crippen LogP contribution < -0.4 is 4.80 Å². The van der Waals surface area contributed by atoms with Crippen LogP contribution in [-0.2, 0) is 27.6 Å². The van der Waals surface area contributed by atoms with Crippen LogP contribution in [0.4, 0.5) is 4.39 Å². The molecule has 0 spiro atoms. The molecule has 0 saturated heterocycles. The van der Waals surface area contributed by atoms with Crippen molar-refractivity contribution in [3.63, 3.8) is 0 Å². The third-order valence-corrected chi connectivity index (χ3v) is 8.32. The number of hydrogen-bond donors (Lipinski definition) is 0. The van der Waals surface area contributed by atoms with Gasteiger partial charge in [-0.15, -0.1) is 0 Å². The fourth-order valence-electron chi connectivity index (χ4n) is 3.16. The normalized spacial score (nSPS) is 12.5. The van der Waals surface area contributed by atoms with E-state index < -0.39 is 15.7 Å². The molecule has 0 aliphatic heterocycles. The van der Waals surface area contributed by atoms with Crippen molar-refractivity contribution in [3.8, 4) is 0 Å². The molecule has 5 nitrogen and oxygen atoms in total. The molecule has 1 amide bonds. The molecule has 0 saturated carbocycles. The molecule has 3 aromatic rings. The quantitative estimate of drug-likeness (QED) is 0.425. The number of fused-ring (bicyclic) bond motifs is 1. The summed E-state index contributed by atoms with van der Waals surface area (Å²) in [6.07, 6.45) is 3.18. The number of hydrogen-bond acceptors (Lipinski definition) is 5. The van der Waals surface area contributed by atoms with Crippen LogP contribution in [0.5, 0.6) is 0 Å². The third kappa shape index (κ3) is 6.05. The highest BCUT2D eigenvalue weighted by atomic mass is 32.2. The summed E-state index contributed by atoms with van der Waals surface area (Å²) in [7, 11) is -3.56. The van der Waals surface area contributed by atoms with Gasteiger partial charge in [-0.25, -0.2) is 12.8 Å². The molecule has 0 fully saturated rings. The number of nitrogens with zero attached hydrogens (tertiary/aromatic N) is 2. The van der Waals surface area contributed by atoms with Gasteiger partial charge in [0.2, 0.25) is 5.91 Å². The first-order valence-electron chi connectivity index (χ1n) is 10.0. The number of amides is 1. The first-order valence-corrected chi connectivity index (χ1v) is 13.9. The minimum absolute atomic E-state index is 0.0391. The third-order valence-electron chi connectivity index (χ3n) is 4.87. The van der Waals surface area contributed by atoms with Crippen LogP contribution in [0.15, 0.2) is 52.4 Å². The Labute approximate surface area is 189 Å². The summed E-state index contributed by atoms with van der Waals surface area (Å²) < 4.78 is 40.9. The van der Waals surface area contributed by atoms with Gasteiger partial charge in [0.05, 0.1) is 20.9 Å². The van der Waals surface area contributed by atoms with Crippen LogP contribution >= 0.6 is 23.1 Å². The summed E-state index contributed by atoms with van der Waals surface area (Å²) in [5.41, 5.74) is 2.29. The number of aryl methyl sites for hydroxylation is 2. The fraction of sp³-hybridized carbons (Fsp3) is 0.364. The molecular formula is C22H25FN2O3S3. The van der Waals surface area contributed by atoms with Crippen LogP contribution in [0.2, 0.25) is 0 Å². The van der Waals surface area contributed by atoms with Crippen LogP contribution in [0.1, 0.15) is 25.3 Å². The molecule has 2 aromatic carbocycles. The molecule has 1 heterocycles.